The maximum Gasteiger partial charge on any atom is 0.342 e. The number of hydrogen-bond acceptors (Lipinski definition) is 5. The maximum atomic E-state index is 11.8. The zero-order valence-electron chi connectivity index (χ0n) is 16.7. The van der Waals surface area contributed by atoms with Gasteiger partial charge >= 0.3 is 5.97 Å². The van der Waals surface area contributed by atoms with E-state index < -0.39 is 5.97 Å². The highest BCUT2D eigenvalue weighted by Gasteiger charge is 2.15. The number of carboxylic acid groups (broad SMARTS) is 1. The van der Waals surface area contributed by atoms with Crippen molar-refractivity contribution in [3.8, 4) is 5.75 Å². The Morgan fingerprint density at radius 3 is 2.73 bits per heavy atom. The second kappa shape index (κ2) is 10.4. The van der Waals surface area contributed by atoms with E-state index in [0.717, 1.165) is 40.5 Å². The van der Waals surface area contributed by atoms with Crippen LogP contribution in [0.3, 0.4) is 0 Å². The number of H-pyrrole nitrogens is 1. The fourth-order valence-corrected chi connectivity index (χ4v) is 3.75. The van der Waals surface area contributed by atoms with Crippen LogP contribution in [0.1, 0.15) is 35.9 Å². The summed E-state index contributed by atoms with van der Waals surface area (Å²) < 4.78 is 6.81. The van der Waals surface area contributed by atoms with Gasteiger partial charge in [0.1, 0.15) is 23.1 Å². The summed E-state index contributed by atoms with van der Waals surface area (Å²) in [5, 5.41) is 17.0. The van der Waals surface area contributed by atoms with Crippen molar-refractivity contribution in [2.75, 3.05) is 0 Å². The smallest absolute Gasteiger partial charge is 0.342 e. The number of aromatic amines is 1. The first-order valence-corrected chi connectivity index (χ1v) is 11.1. The monoisotopic (exact) mass is 487 g/mol. The zero-order chi connectivity index (χ0) is 21.5. The standard InChI is InChI=1S/C22H22BrN3O3S/c1-3-4-20-24-22(26-25-20)30-19(21(27)28)12-16-11-17(23)9-10-18(16)29-13-15-7-5-14(2)6-8-15/h5-12H,3-4,13H2,1-2H3,(H,27,28)(H,24,25,26)/b19-12-. The van der Waals surface area contributed by atoms with Crippen molar-refractivity contribution >= 4 is 39.7 Å². The summed E-state index contributed by atoms with van der Waals surface area (Å²) in [6, 6.07) is 13.6. The molecule has 0 bridgehead atoms. The quantitative estimate of drug-likeness (QED) is 0.300. The lowest BCUT2D eigenvalue weighted by molar-refractivity contribution is -0.131. The van der Waals surface area contributed by atoms with E-state index in [1.807, 2.05) is 56.3 Å². The molecular weight excluding hydrogens is 466 g/mol. The molecule has 3 rings (SSSR count). The van der Waals surface area contributed by atoms with Crippen LogP contribution in [0.4, 0.5) is 0 Å². The molecule has 0 saturated heterocycles. The Balaban J connectivity index is 1.83. The first-order valence-electron chi connectivity index (χ1n) is 9.46. The lowest BCUT2D eigenvalue weighted by Crippen LogP contribution is -2.00. The third-order valence-electron chi connectivity index (χ3n) is 4.18. The van der Waals surface area contributed by atoms with Gasteiger partial charge in [-0.15, -0.1) is 5.10 Å². The molecule has 0 atom stereocenters. The van der Waals surface area contributed by atoms with Crippen LogP contribution in [0.15, 0.2) is 57.0 Å². The highest BCUT2D eigenvalue weighted by molar-refractivity contribution is 9.10. The summed E-state index contributed by atoms with van der Waals surface area (Å²) in [6.45, 7) is 4.47. The second-order valence-electron chi connectivity index (χ2n) is 6.69. The van der Waals surface area contributed by atoms with Gasteiger partial charge in [0.15, 0.2) is 0 Å². The molecule has 0 fully saturated rings. The largest absolute Gasteiger partial charge is 0.488 e. The number of rotatable bonds is 9. The first kappa shape index (κ1) is 22.1. The zero-order valence-corrected chi connectivity index (χ0v) is 19.1. The average molecular weight is 488 g/mol. The van der Waals surface area contributed by atoms with E-state index in [1.165, 1.54) is 5.56 Å². The van der Waals surface area contributed by atoms with E-state index in [4.69, 9.17) is 4.74 Å². The van der Waals surface area contributed by atoms with Crippen molar-refractivity contribution in [1.29, 1.82) is 0 Å². The number of aromatic nitrogens is 3. The van der Waals surface area contributed by atoms with Gasteiger partial charge in [-0.1, -0.05) is 52.7 Å². The molecule has 0 spiro atoms. The van der Waals surface area contributed by atoms with Gasteiger partial charge in [0.25, 0.3) is 0 Å². The van der Waals surface area contributed by atoms with Gasteiger partial charge in [-0.25, -0.2) is 9.78 Å². The summed E-state index contributed by atoms with van der Waals surface area (Å²) in [5.74, 6) is 0.292. The molecule has 0 aliphatic heterocycles. The molecule has 0 radical (unpaired) electrons. The first-order chi connectivity index (χ1) is 14.4. The number of carbonyl (C=O) groups is 1. The van der Waals surface area contributed by atoms with Crippen LogP contribution in [0, 0.1) is 6.92 Å². The third kappa shape index (κ3) is 6.21. The van der Waals surface area contributed by atoms with E-state index >= 15 is 0 Å². The molecule has 30 heavy (non-hydrogen) atoms. The molecule has 2 N–H and O–H groups in total. The molecular formula is C22H22BrN3O3S. The van der Waals surface area contributed by atoms with Gasteiger partial charge in [-0.05, 0) is 54.9 Å². The minimum atomic E-state index is -1.05. The number of aliphatic carboxylic acids is 1. The van der Waals surface area contributed by atoms with Crippen LogP contribution in [0.25, 0.3) is 6.08 Å². The van der Waals surface area contributed by atoms with Crippen LogP contribution >= 0.6 is 27.7 Å². The van der Waals surface area contributed by atoms with Gasteiger partial charge in [0.2, 0.25) is 5.16 Å². The molecule has 0 amide bonds. The van der Waals surface area contributed by atoms with Crippen LogP contribution < -0.4 is 4.74 Å². The number of halogens is 1. The molecule has 0 saturated carbocycles. The van der Waals surface area contributed by atoms with Crippen molar-refractivity contribution in [1.82, 2.24) is 15.2 Å². The minimum Gasteiger partial charge on any atom is -0.488 e. The van der Waals surface area contributed by atoms with Gasteiger partial charge < -0.3 is 9.84 Å². The summed E-state index contributed by atoms with van der Waals surface area (Å²) in [6.07, 6.45) is 3.28. The minimum absolute atomic E-state index is 0.107. The van der Waals surface area contributed by atoms with Gasteiger partial charge in [0, 0.05) is 16.5 Å². The topological polar surface area (TPSA) is 88.1 Å². The van der Waals surface area contributed by atoms with Crippen LogP contribution in [-0.2, 0) is 17.8 Å². The van der Waals surface area contributed by atoms with Crippen molar-refractivity contribution in [3.63, 3.8) is 0 Å². The Morgan fingerprint density at radius 2 is 2.03 bits per heavy atom. The molecule has 6 nitrogen and oxygen atoms in total. The Morgan fingerprint density at radius 1 is 1.27 bits per heavy atom. The van der Waals surface area contributed by atoms with Crippen LogP contribution in [0.5, 0.6) is 5.75 Å². The van der Waals surface area contributed by atoms with E-state index in [1.54, 1.807) is 6.08 Å². The molecule has 8 heteroatoms. The van der Waals surface area contributed by atoms with Gasteiger partial charge in [0.05, 0.1) is 0 Å². The fraction of sp³-hybridized carbons (Fsp3) is 0.227. The molecule has 0 aliphatic carbocycles. The van der Waals surface area contributed by atoms with Crippen molar-refractivity contribution in [2.24, 2.45) is 0 Å². The Kier molecular flexibility index (Phi) is 7.70. The number of nitrogens with zero attached hydrogens (tertiary/aromatic N) is 2. The SMILES string of the molecule is CCCc1nc(S/C(=C\c2cc(Br)ccc2OCc2ccc(C)cc2)C(=O)O)n[nH]1. The molecule has 0 unspecified atom stereocenters. The number of ether oxygens (including phenoxy) is 1. The normalized spacial score (nSPS) is 11.5. The third-order valence-corrected chi connectivity index (χ3v) is 5.55. The predicted molar refractivity (Wildman–Crippen MR) is 122 cm³/mol. The van der Waals surface area contributed by atoms with E-state index in [2.05, 4.69) is 31.1 Å². The average Bonchev–Trinajstić information content (AvgIpc) is 3.15. The van der Waals surface area contributed by atoms with E-state index in [9.17, 15) is 9.90 Å². The van der Waals surface area contributed by atoms with E-state index in [-0.39, 0.29) is 4.91 Å². The maximum absolute atomic E-state index is 11.8. The van der Waals surface area contributed by atoms with Crippen molar-refractivity contribution in [3.05, 3.63) is 74.4 Å². The van der Waals surface area contributed by atoms with Crippen molar-refractivity contribution < 1.29 is 14.6 Å². The van der Waals surface area contributed by atoms with Crippen LogP contribution in [0.2, 0.25) is 0 Å². The van der Waals surface area contributed by atoms with E-state index in [0.29, 0.717) is 23.1 Å². The van der Waals surface area contributed by atoms with Gasteiger partial charge in [-0.2, -0.15) is 0 Å². The lowest BCUT2D eigenvalue weighted by Gasteiger charge is -2.11. The molecule has 0 aliphatic rings. The number of carboxylic acids is 1. The predicted octanol–water partition coefficient (Wildman–Crippen LogP) is 5.62. The Hall–Kier alpha value is -2.58. The Labute approximate surface area is 187 Å². The van der Waals surface area contributed by atoms with Crippen LogP contribution in [-0.4, -0.2) is 26.3 Å². The summed E-state index contributed by atoms with van der Waals surface area (Å²) in [7, 11) is 0. The van der Waals surface area contributed by atoms with Crippen molar-refractivity contribution in [2.45, 2.75) is 38.5 Å². The number of aryl methyl sites for hydroxylation is 2. The van der Waals surface area contributed by atoms with Gasteiger partial charge in [-0.3, -0.25) is 5.10 Å². The number of nitrogens with one attached hydrogen (secondary N) is 1. The fourth-order valence-electron chi connectivity index (χ4n) is 2.66. The summed E-state index contributed by atoms with van der Waals surface area (Å²) in [4.78, 5) is 16.3. The molecule has 1 heterocycles. The highest BCUT2D eigenvalue weighted by Crippen LogP contribution is 2.31. The molecule has 156 valence electrons. The molecule has 1 aromatic heterocycles. The molecule has 2 aromatic carbocycles. The summed E-state index contributed by atoms with van der Waals surface area (Å²) in [5.41, 5.74) is 2.88. The highest BCUT2D eigenvalue weighted by atomic mass is 79.9. The number of thioether (sulfide) groups is 1. The Bertz CT molecular complexity index is 1050. The lowest BCUT2D eigenvalue weighted by atomic mass is 10.1. The molecule has 3 aromatic rings. The summed E-state index contributed by atoms with van der Waals surface area (Å²) >= 11 is 4.45. The number of hydrogen-bond donors (Lipinski definition) is 2. The second-order valence-corrected chi connectivity index (χ2v) is 8.61. The number of benzene rings is 2.